The lowest BCUT2D eigenvalue weighted by atomic mass is 10.0. The van der Waals surface area contributed by atoms with Crippen LogP contribution in [-0.2, 0) is 0 Å². The smallest absolute Gasteiger partial charge is 0.0925 e. The molecule has 1 N–H and O–H groups in total. The van der Waals surface area contributed by atoms with E-state index < -0.39 is 0 Å². The molecular formula is C15H19N3. The van der Waals surface area contributed by atoms with Crippen molar-refractivity contribution in [1.29, 1.82) is 5.41 Å². The molecule has 3 heteroatoms. The van der Waals surface area contributed by atoms with Gasteiger partial charge in [-0.3, -0.25) is 5.41 Å². The number of fused-ring (bicyclic) bond motifs is 1. The highest BCUT2D eigenvalue weighted by atomic mass is 15.2. The number of hydrogen-bond acceptors (Lipinski definition) is 1. The highest BCUT2D eigenvalue weighted by Crippen LogP contribution is 2.27. The van der Waals surface area contributed by atoms with E-state index in [9.17, 15) is 0 Å². The van der Waals surface area contributed by atoms with Gasteiger partial charge in [0.25, 0.3) is 0 Å². The van der Waals surface area contributed by atoms with Crippen molar-refractivity contribution < 1.29 is 0 Å². The summed E-state index contributed by atoms with van der Waals surface area (Å²) in [6, 6.07) is 11.3. The number of nitrogens with one attached hydrogen (secondary N) is 1. The third-order valence-electron chi connectivity index (χ3n) is 3.96. The normalized spacial score (nSPS) is 17.3. The molecule has 0 saturated carbocycles. The minimum Gasteiger partial charge on any atom is -0.361 e. The van der Waals surface area contributed by atoms with Gasteiger partial charge in [0.05, 0.1) is 5.84 Å². The first kappa shape index (κ1) is 11.3. The lowest BCUT2D eigenvalue weighted by Crippen LogP contribution is -2.37. The monoisotopic (exact) mass is 241 g/mol. The first-order valence-electron chi connectivity index (χ1n) is 6.61. The molecule has 2 heterocycles. The van der Waals surface area contributed by atoms with Crippen LogP contribution in [0.4, 0.5) is 0 Å². The summed E-state index contributed by atoms with van der Waals surface area (Å²) in [6.45, 7) is 3.89. The summed E-state index contributed by atoms with van der Waals surface area (Å²) < 4.78 is 2.41. The van der Waals surface area contributed by atoms with E-state index in [0.29, 0.717) is 11.9 Å². The van der Waals surface area contributed by atoms with Crippen molar-refractivity contribution in [2.24, 2.45) is 0 Å². The van der Waals surface area contributed by atoms with Gasteiger partial charge >= 0.3 is 0 Å². The maximum Gasteiger partial charge on any atom is 0.0925 e. The third-order valence-corrected chi connectivity index (χ3v) is 3.96. The molecule has 18 heavy (non-hydrogen) atoms. The standard InChI is InChI=1S/C15H19N3/c1-12(16)17-9-7-14(8-10-17)18-11-6-13-4-2-3-5-15(13)18/h2-6,11,14,16H,7-10H2,1H3. The summed E-state index contributed by atoms with van der Waals surface area (Å²) in [4.78, 5) is 2.17. The number of likely N-dealkylation sites (tertiary alicyclic amines) is 1. The molecule has 0 spiro atoms. The number of amidine groups is 1. The Morgan fingerprint density at radius 1 is 1.17 bits per heavy atom. The van der Waals surface area contributed by atoms with Gasteiger partial charge in [-0.1, -0.05) is 18.2 Å². The number of nitrogens with zero attached hydrogens (tertiary/aromatic N) is 2. The Kier molecular flexibility index (Phi) is 2.82. The predicted octanol–water partition coefficient (Wildman–Crippen LogP) is 3.28. The maximum atomic E-state index is 7.68. The van der Waals surface area contributed by atoms with Crippen LogP contribution in [0.1, 0.15) is 25.8 Å². The Morgan fingerprint density at radius 3 is 2.61 bits per heavy atom. The number of piperidine rings is 1. The summed E-state index contributed by atoms with van der Waals surface area (Å²) in [5, 5.41) is 9.00. The van der Waals surface area contributed by atoms with Crippen molar-refractivity contribution >= 4 is 16.7 Å². The van der Waals surface area contributed by atoms with Crippen LogP contribution in [0.3, 0.4) is 0 Å². The van der Waals surface area contributed by atoms with E-state index in [2.05, 4.69) is 46.0 Å². The summed E-state index contributed by atoms with van der Waals surface area (Å²) in [7, 11) is 0. The van der Waals surface area contributed by atoms with E-state index in [1.54, 1.807) is 0 Å². The molecule has 1 aliphatic rings. The molecule has 3 nitrogen and oxygen atoms in total. The summed E-state index contributed by atoms with van der Waals surface area (Å²) in [5.41, 5.74) is 1.34. The van der Waals surface area contributed by atoms with Gasteiger partial charge < -0.3 is 9.47 Å². The number of para-hydroxylation sites is 1. The molecule has 0 amide bonds. The Morgan fingerprint density at radius 2 is 1.89 bits per heavy atom. The lowest BCUT2D eigenvalue weighted by molar-refractivity contribution is 0.268. The second kappa shape index (κ2) is 4.48. The second-order valence-corrected chi connectivity index (χ2v) is 5.09. The fourth-order valence-corrected chi connectivity index (χ4v) is 2.90. The van der Waals surface area contributed by atoms with Crippen molar-refractivity contribution in [2.75, 3.05) is 13.1 Å². The molecule has 94 valence electrons. The number of aromatic nitrogens is 1. The van der Waals surface area contributed by atoms with Gasteiger partial charge in [-0.15, -0.1) is 0 Å². The molecule has 3 rings (SSSR count). The molecule has 0 bridgehead atoms. The van der Waals surface area contributed by atoms with E-state index in [4.69, 9.17) is 5.41 Å². The first-order valence-corrected chi connectivity index (χ1v) is 6.61. The van der Waals surface area contributed by atoms with Gasteiger partial charge in [-0.2, -0.15) is 0 Å². The summed E-state index contributed by atoms with van der Waals surface area (Å²) in [6.07, 6.45) is 4.48. The summed E-state index contributed by atoms with van der Waals surface area (Å²) in [5.74, 6) is 0.700. The topological polar surface area (TPSA) is 32.0 Å². The lowest BCUT2D eigenvalue weighted by Gasteiger charge is -2.33. The Bertz CT molecular complexity index is 562. The average molecular weight is 241 g/mol. The quantitative estimate of drug-likeness (QED) is 0.603. The molecule has 1 aromatic carbocycles. The zero-order chi connectivity index (χ0) is 12.5. The molecule has 1 aliphatic heterocycles. The van der Waals surface area contributed by atoms with Crippen LogP contribution in [0.25, 0.3) is 10.9 Å². The molecule has 0 aliphatic carbocycles. The van der Waals surface area contributed by atoms with Crippen molar-refractivity contribution in [3.05, 3.63) is 36.5 Å². The van der Waals surface area contributed by atoms with Crippen LogP contribution in [-0.4, -0.2) is 28.4 Å². The Balaban J connectivity index is 1.82. The number of benzene rings is 1. The fraction of sp³-hybridized carbons (Fsp3) is 0.400. The molecule has 1 fully saturated rings. The van der Waals surface area contributed by atoms with Crippen LogP contribution in [0.5, 0.6) is 0 Å². The molecule has 0 radical (unpaired) electrons. The van der Waals surface area contributed by atoms with Crippen molar-refractivity contribution in [3.8, 4) is 0 Å². The van der Waals surface area contributed by atoms with Crippen LogP contribution >= 0.6 is 0 Å². The molecular weight excluding hydrogens is 222 g/mol. The molecule has 0 unspecified atom stereocenters. The maximum absolute atomic E-state index is 7.68. The van der Waals surface area contributed by atoms with Crippen LogP contribution in [0.15, 0.2) is 36.5 Å². The second-order valence-electron chi connectivity index (χ2n) is 5.09. The predicted molar refractivity (Wildman–Crippen MR) is 75.2 cm³/mol. The molecule has 1 saturated heterocycles. The molecule has 0 atom stereocenters. The Hall–Kier alpha value is -1.77. The van der Waals surface area contributed by atoms with E-state index >= 15 is 0 Å². The molecule has 1 aromatic heterocycles. The van der Waals surface area contributed by atoms with Gasteiger partial charge in [0.15, 0.2) is 0 Å². The first-order chi connectivity index (χ1) is 8.75. The van der Waals surface area contributed by atoms with Gasteiger partial charge in [-0.25, -0.2) is 0 Å². The van der Waals surface area contributed by atoms with Gasteiger partial charge in [0, 0.05) is 30.8 Å². The minimum atomic E-state index is 0.584. The van der Waals surface area contributed by atoms with E-state index in [0.717, 1.165) is 25.9 Å². The van der Waals surface area contributed by atoms with Crippen LogP contribution in [0.2, 0.25) is 0 Å². The third kappa shape index (κ3) is 1.90. The fourth-order valence-electron chi connectivity index (χ4n) is 2.90. The zero-order valence-electron chi connectivity index (χ0n) is 10.8. The van der Waals surface area contributed by atoms with Crippen LogP contribution < -0.4 is 0 Å². The summed E-state index contributed by atoms with van der Waals surface area (Å²) >= 11 is 0. The largest absolute Gasteiger partial charge is 0.361 e. The SMILES string of the molecule is CC(=N)N1CCC(n2ccc3ccccc32)CC1. The van der Waals surface area contributed by atoms with Crippen LogP contribution in [0, 0.1) is 5.41 Å². The number of rotatable bonds is 1. The number of hydrogen-bond donors (Lipinski definition) is 1. The minimum absolute atomic E-state index is 0.584. The zero-order valence-corrected chi connectivity index (χ0v) is 10.8. The van der Waals surface area contributed by atoms with Crippen molar-refractivity contribution in [3.63, 3.8) is 0 Å². The molecule has 2 aromatic rings. The van der Waals surface area contributed by atoms with Crippen molar-refractivity contribution in [1.82, 2.24) is 9.47 Å². The Labute approximate surface area is 108 Å². The average Bonchev–Trinajstić information content (AvgIpc) is 2.82. The van der Waals surface area contributed by atoms with Crippen molar-refractivity contribution in [2.45, 2.75) is 25.8 Å². The van der Waals surface area contributed by atoms with E-state index in [1.165, 1.54) is 10.9 Å². The van der Waals surface area contributed by atoms with E-state index in [-0.39, 0.29) is 0 Å². The van der Waals surface area contributed by atoms with Gasteiger partial charge in [0.2, 0.25) is 0 Å². The highest BCUT2D eigenvalue weighted by Gasteiger charge is 2.21. The highest BCUT2D eigenvalue weighted by molar-refractivity contribution is 5.80. The van der Waals surface area contributed by atoms with Gasteiger partial charge in [-0.05, 0) is 37.3 Å². The van der Waals surface area contributed by atoms with E-state index in [1.807, 2.05) is 6.92 Å². The van der Waals surface area contributed by atoms with Gasteiger partial charge in [0.1, 0.15) is 0 Å².